The fraction of sp³-hybridized carbons (Fsp3) is 0.692. The second-order valence-electron chi connectivity index (χ2n) is 4.78. The molecule has 4 nitrogen and oxygen atoms in total. The summed E-state index contributed by atoms with van der Waals surface area (Å²) in [6, 6.07) is 0. The summed E-state index contributed by atoms with van der Waals surface area (Å²) in [5, 5.41) is 0. The second kappa shape index (κ2) is 5.27. The number of rotatable bonds is 3. The number of carbonyl (C=O) groups is 2. The third-order valence-electron chi connectivity index (χ3n) is 3.45. The Morgan fingerprint density at radius 2 is 1.95 bits per heavy atom. The van der Waals surface area contributed by atoms with Crippen LogP contribution in [0.5, 0.6) is 0 Å². The van der Waals surface area contributed by atoms with Crippen molar-refractivity contribution in [3.8, 4) is 0 Å². The highest BCUT2D eigenvalue weighted by molar-refractivity contribution is 5.98. The van der Waals surface area contributed by atoms with Crippen molar-refractivity contribution in [1.29, 1.82) is 0 Å². The molecule has 0 aromatic carbocycles. The number of Topliss-reactive ketones (excluding diaryl/α,β-unsaturated/α-hetero) is 1. The molecule has 1 aliphatic carbocycles. The Labute approximate surface area is 111 Å². The van der Waals surface area contributed by atoms with E-state index < -0.39 is 29.0 Å². The minimum atomic E-state index is -3.63. The van der Waals surface area contributed by atoms with Crippen LogP contribution >= 0.6 is 0 Å². The number of amides is 1. The Balaban J connectivity index is 2.90. The third kappa shape index (κ3) is 2.77. The highest BCUT2D eigenvalue weighted by Crippen LogP contribution is 2.41. The van der Waals surface area contributed by atoms with E-state index in [1.165, 1.54) is 11.8 Å². The lowest BCUT2D eigenvalue weighted by atomic mass is 9.80. The van der Waals surface area contributed by atoms with E-state index in [-0.39, 0.29) is 12.8 Å². The number of alkyl halides is 2. The van der Waals surface area contributed by atoms with Crippen LogP contribution in [0.1, 0.15) is 33.6 Å². The molecule has 0 aromatic heterocycles. The predicted octanol–water partition coefficient (Wildman–Crippen LogP) is 2.78. The van der Waals surface area contributed by atoms with Crippen molar-refractivity contribution >= 4 is 11.9 Å². The van der Waals surface area contributed by atoms with Gasteiger partial charge in [-0.15, -0.1) is 0 Å². The van der Waals surface area contributed by atoms with Crippen LogP contribution in [0, 0.1) is 0 Å². The van der Waals surface area contributed by atoms with Crippen molar-refractivity contribution in [2.45, 2.75) is 45.1 Å². The molecule has 1 atom stereocenters. The van der Waals surface area contributed by atoms with Crippen LogP contribution in [0.15, 0.2) is 12.2 Å². The van der Waals surface area contributed by atoms with Gasteiger partial charge in [-0.25, -0.2) is 4.79 Å². The van der Waals surface area contributed by atoms with Gasteiger partial charge in [0.15, 0.2) is 5.60 Å². The summed E-state index contributed by atoms with van der Waals surface area (Å²) in [5.74, 6) is -5.02. The van der Waals surface area contributed by atoms with Crippen molar-refractivity contribution in [3.63, 3.8) is 0 Å². The number of carbonyl (C=O) groups excluding carboxylic acids is 2. The van der Waals surface area contributed by atoms with Crippen LogP contribution in [0.2, 0.25) is 0 Å². The van der Waals surface area contributed by atoms with Gasteiger partial charge in [0.2, 0.25) is 5.78 Å². The fourth-order valence-electron chi connectivity index (χ4n) is 1.99. The molecular formula is C13H19F2NO3. The van der Waals surface area contributed by atoms with E-state index in [0.717, 1.165) is 0 Å². The van der Waals surface area contributed by atoms with Gasteiger partial charge in [0.25, 0.3) is 0 Å². The minimum Gasteiger partial charge on any atom is -0.435 e. The molecule has 1 amide bonds. The van der Waals surface area contributed by atoms with Crippen molar-refractivity contribution in [2.24, 2.45) is 0 Å². The summed E-state index contributed by atoms with van der Waals surface area (Å²) in [4.78, 5) is 24.9. The smallest absolute Gasteiger partial charge is 0.410 e. The van der Waals surface area contributed by atoms with Gasteiger partial charge in [0, 0.05) is 13.1 Å². The molecular weight excluding hydrogens is 256 g/mol. The molecule has 1 unspecified atom stereocenters. The zero-order chi connectivity index (χ0) is 14.8. The van der Waals surface area contributed by atoms with Gasteiger partial charge in [-0.3, -0.25) is 4.79 Å². The van der Waals surface area contributed by atoms with Crippen molar-refractivity contribution in [3.05, 3.63) is 12.2 Å². The summed E-state index contributed by atoms with van der Waals surface area (Å²) < 4.78 is 32.3. The largest absolute Gasteiger partial charge is 0.435 e. The van der Waals surface area contributed by atoms with E-state index >= 15 is 0 Å². The number of hydrogen-bond donors (Lipinski definition) is 0. The van der Waals surface area contributed by atoms with E-state index in [1.807, 2.05) is 0 Å². The molecule has 0 radical (unpaired) electrons. The van der Waals surface area contributed by atoms with E-state index in [9.17, 15) is 18.4 Å². The number of hydrogen-bond acceptors (Lipinski definition) is 3. The van der Waals surface area contributed by atoms with Gasteiger partial charge in [-0.2, -0.15) is 8.78 Å². The monoisotopic (exact) mass is 275 g/mol. The van der Waals surface area contributed by atoms with Crippen LogP contribution in [0.3, 0.4) is 0 Å². The fourth-order valence-corrected chi connectivity index (χ4v) is 1.99. The number of allylic oxidation sites excluding steroid dienone is 1. The molecule has 1 rings (SSSR count). The van der Waals surface area contributed by atoms with Crippen LogP contribution in [0.4, 0.5) is 13.6 Å². The summed E-state index contributed by atoms with van der Waals surface area (Å²) in [6.45, 7) is 8.71. The second-order valence-corrected chi connectivity index (χ2v) is 4.78. The lowest BCUT2D eigenvalue weighted by molar-refractivity contribution is -0.162. The van der Waals surface area contributed by atoms with Gasteiger partial charge in [-0.05, 0) is 39.2 Å². The zero-order valence-corrected chi connectivity index (χ0v) is 11.5. The molecule has 0 N–H and O–H groups in total. The SMILES string of the molecule is C=C1CCC(C)(OC(=O)N(CC)CC)C(=O)C1(F)F. The summed E-state index contributed by atoms with van der Waals surface area (Å²) in [6.07, 6.45) is -0.752. The molecule has 0 aliphatic heterocycles. The molecule has 108 valence electrons. The van der Waals surface area contributed by atoms with Crippen LogP contribution in [0.25, 0.3) is 0 Å². The van der Waals surface area contributed by atoms with Gasteiger partial charge in [0.05, 0.1) is 0 Å². The molecule has 1 fully saturated rings. The molecule has 1 saturated carbocycles. The van der Waals surface area contributed by atoms with E-state index in [2.05, 4.69) is 6.58 Å². The molecule has 6 heteroatoms. The Hall–Kier alpha value is -1.46. The Morgan fingerprint density at radius 3 is 2.42 bits per heavy atom. The predicted molar refractivity (Wildman–Crippen MR) is 66.1 cm³/mol. The molecule has 0 aromatic rings. The summed E-state index contributed by atoms with van der Waals surface area (Å²) >= 11 is 0. The lowest BCUT2D eigenvalue weighted by Crippen LogP contribution is -2.54. The minimum absolute atomic E-state index is 0.0350. The Kier molecular flexibility index (Phi) is 4.32. The normalized spacial score (nSPS) is 26.2. The van der Waals surface area contributed by atoms with Crippen LogP contribution < -0.4 is 0 Å². The first-order chi connectivity index (χ1) is 8.69. The summed E-state index contributed by atoms with van der Waals surface area (Å²) in [7, 11) is 0. The lowest BCUT2D eigenvalue weighted by Gasteiger charge is -2.37. The van der Waals surface area contributed by atoms with Gasteiger partial charge in [-0.1, -0.05) is 6.58 Å². The van der Waals surface area contributed by atoms with E-state index in [1.54, 1.807) is 13.8 Å². The average Bonchev–Trinajstić information content (AvgIpc) is 2.34. The number of halogens is 2. The van der Waals surface area contributed by atoms with Gasteiger partial charge < -0.3 is 9.64 Å². The molecule has 1 aliphatic rings. The molecule has 0 heterocycles. The zero-order valence-electron chi connectivity index (χ0n) is 11.5. The first-order valence-electron chi connectivity index (χ1n) is 6.28. The first-order valence-corrected chi connectivity index (χ1v) is 6.28. The van der Waals surface area contributed by atoms with E-state index in [0.29, 0.717) is 13.1 Å². The average molecular weight is 275 g/mol. The van der Waals surface area contributed by atoms with Gasteiger partial charge in [0.1, 0.15) is 0 Å². The van der Waals surface area contributed by atoms with E-state index in [4.69, 9.17) is 4.74 Å². The number of nitrogens with zero attached hydrogens (tertiary/aromatic N) is 1. The Bertz CT molecular complexity index is 405. The number of ketones is 1. The molecule has 0 spiro atoms. The highest BCUT2D eigenvalue weighted by atomic mass is 19.3. The van der Waals surface area contributed by atoms with Crippen molar-refractivity contribution < 1.29 is 23.1 Å². The van der Waals surface area contributed by atoms with Crippen molar-refractivity contribution in [2.75, 3.05) is 13.1 Å². The van der Waals surface area contributed by atoms with Gasteiger partial charge >= 0.3 is 12.0 Å². The standard InChI is InChI=1S/C13H19F2NO3/c1-5-16(6-2)11(18)19-12(4)8-7-9(3)13(14,15)10(12)17/h3,5-8H2,1-2,4H3. The molecule has 0 saturated heterocycles. The third-order valence-corrected chi connectivity index (χ3v) is 3.45. The maximum absolute atomic E-state index is 13.6. The van der Waals surface area contributed by atoms with Crippen LogP contribution in [-0.4, -0.2) is 41.4 Å². The number of ether oxygens (including phenoxy) is 1. The Morgan fingerprint density at radius 1 is 1.42 bits per heavy atom. The highest BCUT2D eigenvalue weighted by Gasteiger charge is 2.57. The maximum atomic E-state index is 13.6. The quantitative estimate of drug-likeness (QED) is 0.744. The van der Waals surface area contributed by atoms with Crippen LogP contribution in [-0.2, 0) is 9.53 Å². The van der Waals surface area contributed by atoms with Crippen molar-refractivity contribution in [1.82, 2.24) is 4.90 Å². The molecule has 19 heavy (non-hydrogen) atoms. The summed E-state index contributed by atoms with van der Waals surface area (Å²) in [5.41, 5.74) is -2.21. The molecule has 0 bridgehead atoms. The first kappa shape index (κ1) is 15.6. The topological polar surface area (TPSA) is 46.6 Å². The maximum Gasteiger partial charge on any atom is 0.410 e.